The molecule has 0 radical (unpaired) electrons. The van der Waals surface area contributed by atoms with Crippen LogP contribution < -0.4 is 5.73 Å². The summed E-state index contributed by atoms with van der Waals surface area (Å²) in [7, 11) is 1.75. The summed E-state index contributed by atoms with van der Waals surface area (Å²) in [6.07, 6.45) is 5.46. The Morgan fingerprint density at radius 3 is 2.71 bits per heavy atom. The number of aromatic nitrogens is 3. The van der Waals surface area contributed by atoms with E-state index >= 15 is 0 Å². The average Bonchev–Trinajstić information content (AvgIpc) is 2.76. The molecular formula is C12H20N4O. The lowest BCUT2D eigenvalue weighted by molar-refractivity contribution is 0.0684. The zero-order valence-corrected chi connectivity index (χ0v) is 10.5. The van der Waals surface area contributed by atoms with Crippen molar-refractivity contribution < 1.29 is 4.79 Å². The molecule has 17 heavy (non-hydrogen) atoms. The Morgan fingerprint density at radius 2 is 2.24 bits per heavy atom. The molecule has 5 heteroatoms. The predicted octanol–water partition coefficient (Wildman–Crippen LogP) is 1.15. The van der Waals surface area contributed by atoms with Crippen LogP contribution in [0.25, 0.3) is 0 Å². The van der Waals surface area contributed by atoms with Crippen molar-refractivity contribution >= 4 is 5.78 Å². The number of nitrogens with two attached hydrogens (primary N) is 1. The molecule has 1 aliphatic rings. The van der Waals surface area contributed by atoms with Crippen LogP contribution in [0.1, 0.15) is 43.1 Å². The van der Waals surface area contributed by atoms with Gasteiger partial charge in [0.05, 0.1) is 6.20 Å². The number of aryl methyl sites for hydroxylation is 1. The number of nitrogens with zero attached hydrogens (tertiary/aromatic N) is 3. The van der Waals surface area contributed by atoms with Crippen molar-refractivity contribution in [3.63, 3.8) is 0 Å². The molecule has 0 amide bonds. The van der Waals surface area contributed by atoms with Crippen LogP contribution in [-0.2, 0) is 7.05 Å². The van der Waals surface area contributed by atoms with E-state index in [0.29, 0.717) is 18.2 Å². The molecule has 0 bridgehead atoms. The molecule has 5 nitrogen and oxygen atoms in total. The van der Waals surface area contributed by atoms with Crippen LogP contribution in [0.5, 0.6) is 0 Å². The average molecular weight is 236 g/mol. The molecule has 0 aliphatic heterocycles. The van der Waals surface area contributed by atoms with Crippen LogP contribution in [0, 0.1) is 11.3 Å². The van der Waals surface area contributed by atoms with E-state index in [9.17, 15) is 4.79 Å². The molecule has 0 atom stereocenters. The molecule has 1 saturated carbocycles. The van der Waals surface area contributed by atoms with Crippen molar-refractivity contribution in [1.82, 2.24) is 15.0 Å². The van der Waals surface area contributed by atoms with Gasteiger partial charge < -0.3 is 5.73 Å². The van der Waals surface area contributed by atoms with Crippen LogP contribution >= 0.6 is 0 Å². The number of Topliss-reactive ketones (excluding diaryl/α,β-unsaturated/α-hetero) is 1. The van der Waals surface area contributed by atoms with Gasteiger partial charge in [-0.3, -0.25) is 4.79 Å². The summed E-state index contributed by atoms with van der Waals surface area (Å²) in [6, 6.07) is 0. The predicted molar refractivity (Wildman–Crippen MR) is 64.5 cm³/mol. The maximum Gasteiger partial charge on any atom is 0.189 e. The molecule has 2 rings (SSSR count). The lowest BCUT2D eigenvalue weighted by Gasteiger charge is -2.36. The number of hydrogen-bond acceptors (Lipinski definition) is 4. The summed E-state index contributed by atoms with van der Waals surface area (Å²) in [6.45, 7) is 2.65. The van der Waals surface area contributed by atoms with Crippen molar-refractivity contribution in [2.45, 2.75) is 32.6 Å². The van der Waals surface area contributed by atoms with Gasteiger partial charge in [0.15, 0.2) is 5.78 Å². The molecule has 2 N–H and O–H groups in total. The molecule has 0 spiro atoms. The number of rotatable bonds is 3. The Balaban J connectivity index is 2.24. The maximum absolute atomic E-state index is 12.6. The fourth-order valence-corrected chi connectivity index (χ4v) is 2.61. The molecule has 1 fully saturated rings. The van der Waals surface area contributed by atoms with Crippen LogP contribution in [0.3, 0.4) is 0 Å². The number of hydrogen-bond donors (Lipinski definition) is 1. The molecule has 1 aromatic heterocycles. The second-order valence-electron chi connectivity index (χ2n) is 5.24. The lowest BCUT2D eigenvalue weighted by Crippen LogP contribution is -2.42. The zero-order chi connectivity index (χ0) is 12.5. The largest absolute Gasteiger partial charge is 0.329 e. The van der Waals surface area contributed by atoms with Gasteiger partial charge in [0, 0.05) is 19.0 Å². The lowest BCUT2D eigenvalue weighted by atomic mass is 9.68. The van der Waals surface area contributed by atoms with E-state index in [4.69, 9.17) is 5.73 Å². The third-order valence-corrected chi connectivity index (χ3v) is 4.05. The minimum atomic E-state index is -0.387. The van der Waals surface area contributed by atoms with Gasteiger partial charge in [0.25, 0.3) is 0 Å². The van der Waals surface area contributed by atoms with Crippen molar-refractivity contribution in [2.75, 3.05) is 6.54 Å². The summed E-state index contributed by atoms with van der Waals surface area (Å²) < 4.78 is 1.54. The number of ketones is 1. The second kappa shape index (κ2) is 4.56. The Hall–Kier alpha value is -1.23. The van der Waals surface area contributed by atoms with E-state index in [2.05, 4.69) is 17.2 Å². The third-order valence-electron chi connectivity index (χ3n) is 4.05. The first kappa shape index (κ1) is 12.2. The minimum Gasteiger partial charge on any atom is -0.329 e. The highest BCUT2D eigenvalue weighted by atomic mass is 16.1. The van der Waals surface area contributed by atoms with Gasteiger partial charge >= 0.3 is 0 Å². The Bertz CT molecular complexity index is 404. The van der Waals surface area contributed by atoms with E-state index < -0.39 is 0 Å². The summed E-state index contributed by atoms with van der Waals surface area (Å²) >= 11 is 0. The Morgan fingerprint density at radius 1 is 1.59 bits per heavy atom. The summed E-state index contributed by atoms with van der Waals surface area (Å²) in [5.41, 5.74) is 6.06. The normalized spacial score (nSPS) is 29.2. The highest BCUT2D eigenvalue weighted by Crippen LogP contribution is 2.40. The highest BCUT2D eigenvalue weighted by Gasteiger charge is 2.41. The van der Waals surface area contributed by atoms with Gasteiger partial charge in [-0.2, -0.15) is 0 Å². The van der Waals surface area contributed by atoms with E-state index in [1.54, 1.807) is 7.05 Å². The summed E-state index contributed by atoms with van der Waals surface area (Å²) in [5.74, 6) is 0.812. The van der Waals surface area contributed by atoms with Gasteiger partial charge in [-0.05, 0) is 31.6 Å². The van der Waals surface area contributed by atoms with E-state index in [-0.39, 0.29) is 11.2 Å². The van der Waals surface area contributed by atoms with Gasteiger partial charge in [0.2, 0.25) is 0 Å². The smallest absolute Gasteiger partial charge is 0.189 e. The Labute approximate surface area is 101 Å². The fourth-order valence-electron chi connectivity index (χ4n) is 2.61. The monoisotopic (exact) mass is 236 g/mol. The molecule has 1 aliphatic carbocycles. The number of carbonyl (C=O) groups is 1. The molecule has 94 valence electrons. The van der Waals surface area contributed by atoms with Gasteiger partial charge in [0.1, 0.15) is 5.69 Å². The van der Waals surface area contributed by atoms with Crippen LogP contribution in [0.15, 0.2) is 6.20 Å². The quantitative estimate of drug-likeness (QED) is 0.799. The SMILES string of the molecule is CC1CCC(CN)(C(=O)c2cnnn2C)CC1. The zero-order valence-electron chi connectivity index (χ0n) is 10.5. The molecule has 0 saturated heterocycles. The van der Waals surface area contributed by atoms with Gasteiger partial charge in [-0.1, -0.05) is 12.1 Å². The van der Waals surface area contributed by atoms with E-state index in [0.717, 1.165) is 25.7 Å². The Kier molecular flexibility index (Phi) is 3.28. The van der Waals surface area contributed by atoms with Crippen molar-refractivity contribution in [3.05, 3.63) is 11.9 Å². The van der Waals surface area contributed by atoms with Crippen LogP contribution in [0.2, 0.25) is 0 Å². The molecule has 0 aromatic carbocycles. The van der Waals surface area contributed by atoms with Crippen molar-refractivity contribution in [2.24, 2.45) is 24.1 Å². The number of carbonyl (C=O) groups excluding carboxylic acids is 1. The van der Waals surface area contributed by atoms with E-state index in [1.165, 1.54) is 10.9 Å². The van der Waals surface area contributed by atoms with Gasteiger partial charge in [-0.25, -0.2) is 4.68 Å². The fraction of sp³-hybridized carbons (Fsp3) is 0.750. The first-order valence-corrected chi connectivity index (χ1v) is 6.18. The minimum absolute atomic E-state index is 0.111. The van der Waals surface area contributed by atoms with Crippen LogP contribution in [-0.4, -0.2) is 27.3 Å². The maximum atomic E-state index is 12.6. The standard InChI is InChI=1S/C12H20N4O/c1-9-3-5-12(8-13,6-4-9)11(17)10-7-14-15-16(10)2/h7,9H,3-6,8,13H2,1-2H3. The van der Waals surface area contributed by atoms with Crippen molar-refractivity contribution in [3.8, 4) is 0 Å². The topological polar surface area (TPSA) is 73.8 Å². The molecule has 1 heterocycles. The van der Waals surface area contributed by atoms with E-state index in [1.807, 2.05) is 0 Å². The highest BCUT2D eigenvalue weighted by molar-refractivity contribution is 5.99. The van der Waals surface area contributed by atoms with Crippen LogP contribution in [0.4, 0.5) is 0 Å². The molecular weight excluding hydrogens is 216 g/mol. The third kappa shape index (κ3) is 2.11. The molecule has 1 aromatic rings. The second-order valence-corrected chi connectivity index (χ2v) is 5.24. The molecule has 0 unspecified atom stereocenters. The first-order valence-electron chi connectivity index (χ1n) is 6.18. The van der Waals surface area contributed by atoms with Crippen molar-refractivity contribution in [1.29, 1.82) is 0 Å². The first-order chi connectivity index (χ1) is 8.09. The summed E-state index contributed by atoms with van der Waals surface area (Å²) in [4.78, 5) is 12.6. The van der Waals surface area contributed by atoms with Gasteiger partial charge in [-0.15, -0.1) is 5.10 Å². The summed E-state index contributed by atoms with van der Waals surface area (Å²) in [5, 5.41) is 7.59.